The van der Waals surface area contributed by atoms with Crippen LogP contribution in [-0.4, -0.2) is 19.0 Å². The molecule has 86 valence electrons. The number of esters is 1. The molecule has 7 heteroatoms. The molecule has 1 aromatic rings. The first kappa shape index (κ1) is 12.5. The van der Waals surface area contributed by atoms with E-state index in [0.717, 1.165) is 0 Å². The highest BCUT2D eigenvalue weighted by molar-refractivity contribution is 7.74. The van der Waals surface area contributed by atoms with Crippen LogP contribution in [0.3, 0.4) is 0 Å². The Labute approximate surface area is 97.0 Å². The molecule has 0 spiro atoms. The first-order valence-corrected chi connectivity index (χ1v) is 4.51. The fraction of sp³-hybridized carbons (Fsp3) is 0.111. The lowest BCUT2D eigenvalue weighted by Gasteiger charge is -2.02. The molecule has 0 unspecified atom stereocenters. The smallest absolute Gasteiger partial charge is 0.337 e. The van der Waals surface area contributed by atoms with E-state index in [1.165, 1.54) is 31.4 Å². The van der Waals surface area contributed by atoms with Crippen molar-refractivity contribution in [3.05, 3.63) is 35.4 Å². The van der Waals surface area contributed by atoms with Crippen LogP contribution in [0, 0.1) is 0 Å². The highest BCUT2D eigenvalue weighted by Crippen LogP contribution is 2.05. The molecule has 0 aromatic heterocycles. The van der Waals surface area contributed by atoms with Crippen LogP contribution in [0.4, 0.5) is 0 Å². The molecule has 0 bridgehead atoms. The van der Waals surface area contributed by atoms with Crippen molar-refractivity contribution in [1.82, 2.24) is 5.48 Å². The SMILES string of the molecule is COC(=O)c1ccc(C(=O)NOOS)cc1. The topological polar surface area (TPSA) is 73.9 Å². The Balaban J connectivity index is 2.71. The molecule has 0 saturated heterocycles. The zero-order chi connectivity index (χ0) is 12.0. The highest BCUT2D eigenvalue weighted by Gasteiger charge is 2.08. The molecule has 0 saturated carbocycles. The summed E-state index contributed by atoms with van der Waals surface area (Å²) in [4.78, 5) is 26.5. The van der Waals surface area contributed by atoms with Gasteiger partial charge in [0, 0.05) is 18.5 Å². The van der Waals surface area contributed by atoms with Gasteiger partial charge in [0.05, 0.1) is 12.7 Å². The average Bonchev–Trinajstić information content (AvgIpc) is 2.35. The maximum atomic E-state index is 11.3. The number of ether oxygens (including phenoxy) is 1. The van der Waals surface area contributed by atoms with Gasteiger partial charge in [-0.2, -0.15) is 5.48 Å². The summed E-state index contributed by atoms with van der Waals surface area (Å²) < 4.78 is 8.41. The van der Waals surface area contributed by atoms with Crippen LogP contribution in [0.2, 0.25) is 0 Å². The number of hydroxylamine groups is 1. The van der Waals surface area contributed by atoms with E-state index in [1.807, 2.05) is 5.48 Å². The summed E-state index contributed by atoms with van der Waals surface area (Å²) in [5.41, 5.74) is 2.61. The third kappa shape index (κ3) is 3.23. The van der Waals surface area contributed by atoms with Crippen LogP contribution in [0.5, 0.6) is 0 Å². The van der Waals surface area contributed by atoms with Crippen molar-refractivity contribution in [3.63, 3.8) is 0 Å². The van der Waals surface area contributed by atoms with Gasteiger partial charge in [-0.15, -0.1) is 4.33 Å². The Bertz CT molecular complexity index is 378. The Hall–Kier alpha value is -1.57. The van der Waals surface area contributed by atoms with Gasteiger partial charge in [-0.05, 0) is 24.3 Å². The third-order valence-electron chi connectivity index (χ3n) is 1.74. The van der Waals surface area contributed by atoms with Crippen molar-refractivity contribution in [2.45, 2.75) is 0 Å². The Morgan fingerprint density at radius 3 is 2.25 bits per heavy atom. The van der Waals surface area contributed by atoms with E-state index in [1.54, 1.807) is 0 Å². The van der Waals surface area contributed by atoms with Crippen molar-refractivity contribution in [1.29, 1.82) is 0 Å². The number of carbonyl (C=O) groups is 2. The van der Waals surface area contributed by atoms with E-state index in [4.69, 9.17) is 0 Å². The molecule has 0 aliphatic carbocycles. The van der Waals surface area contributed by atoms with Gasteiger partial charge in [-0.3, -0.25) is 4.79 Å². The van der Waals surface area contributed by atoms with Crippen molar-refractivity contribution in [2.24, 2.45) is 0 Å². The predicted molar refractivity (Wildman–Crippen MR) is 56.4 cm³/mol. The second-order valence-electron chi connectivity index (χ2n) is 2.66. The minimum absolute atomic E-state index is 0.304. The van der Waals surface area contributed by atoms with Crippen LogP contribution in [0.1, 0.15) is 20.7 Å². The predicted octanol–water partition coefficient (Wildman–Crippen LogP) is 0.911. The zero-order valence-electron chi connectivity index (χ0n) is 8.30. The standard InChI is InChI=1S/C9H9NO5S/c1-13-9(12)7-4-2-6(3-5-7)8(11)10-14-15-16/h2-5,16H,1H3,(H,10,11). The first-order chi connectivity index (χ1) is 7.69. The van der Waals surface area contributed by atoms with Crippen LogP contribution < -0.4 is 5.48 Å². The molecular weight excluding hydrogens is 234 g/mol. The summed E-state index contributed by atoms with van der Waals surface area (Å²) in [6.45, 7) is 0. The molecule has 1 amide bonds. The molecular formula is C9H9NO5S. The van der Waals surface area contributed by atoms with Crippen LogP contribution >= 0.6 is 12.9 Å². The number of thiol groups is 1. The van der Waals surface area contributed by atoms with Crippen LogP contribution in [-0.2, 0) is 14.1 Å². The fourth-order valence-electron chi connectivity index (χ4n) is 0.991. The Morgan fingerprint density at radius 2 is 1.75 bits per heavy atom. The number of nitrogens with one attached hydrogen (secondary N) is 1. The normalized spacial score (nSPS) is 9.62. The van der Waals surface area contributed by atoms with Crippen molar-refractivity contribution in [2.75, 3.05) is 7.11 Å². The number of methoxy groups -OCH3 is 1. The summed E-state index contributed by atoms with van der Waals surface area (Å²) in [5.74, 6) is -0.993. The van der Waals surface area contributed by atoms with Crippen molar-refractivity contribution < 1.29 is 23.6 Å². The maximum Gasteiger partial charge on any atom is 0.337 e. The number of rotatable bonds is 4. The number of hydrogen-bond acceptors (Lipinski definition) is 6. The van der Waals surface area contributed by atoms with Gasteiger partial charge >= 0.3 is 5.97 Å². The molecule has 0 aliphatic heterocycles. The second-order valence-corrected chi connectivity index (χ2v) is 2.81. The van der Waals surface area contributed by atoms with Crippen LogP contribution in [0.15, 0.2) is 24.3 Å². The third-order valence-corrected chi connectivity index (χ3v) is 1.81. The van der Waals surface area contributed by atoms with E-state index in [-0.39, 0.29) is 0 Å². The van der Waals surface area contributed by atoms with Gasteiger partial charge in [0.15, 0.2) is 0 Å². The molecule has 1 aromatic carbocycles. The quantitative estimate of drug-likeness (QED) is 0.270. The Kier molecular flexibility index (Phi) is 4.77. The van der Waals surface area contributed by atoms with Crippen molar-refractivity contribution >= 4 is 24.8 Å². The summed E-state index contributed by atoms with van der Waals surface area (Å²) in [5, 5.41) is 0. The van der Waals surface area contributed by atoms with E-state index >= 15 is 0 Å². The molecule has 0 aliphatic rings. The zero-order valence-corrected chi connectivity index (χ0v) is 9.19. The molecule has 0 heterocycles. The van der Waals surface area contributed by atoms with E-state index in [0.29, 0.717) is 11.1 Å². The lowest BCUT2D eigenvalue weighted by atomic mass is 10.1. The maximum absolute atomic E-state index is 11.3. The highest BCUT2D eigenvalue weighted by atomic mass is 32.1. The van der Waals surface area contributed by atoms with Gasteiger partial charge in [-0.25, -0.2) is 4.79 Å². The van der Waals surface area contributed by atoms with E-state index < -0.39 is 11.9 Å². The lowest BCUT2D eigenvalue weighted by Crippen LogP contribution is -2.22. The summed E-state index contributed by atoms with van der Waals surface area (Å²) in [6, 6.07) is 5.82. The summed E-state index contributed by atoms with van der Waals surface area (Å²) in [7, 11) is 1.28. The fourth-order valence-corrected chi connectivity index (χ4v) is 1.03. The van der Waals surface area contributed by atoms with Crippen LogP contribution in [0.25, 0.3) is 0 Å². The van der Waals surface area contributed by atoms with Gasteiger partial charge in [0.1, 0.15) is 0 Å². The summed E-state index contributed by atoms with van der Waals surface area (Å²) >= 11 is 3.27. The van der Waals surface area contributed by atoms with Crippen molar-refractivity contribution in [3.8, 4) is 0 Å². The minimum Gasteiger partial charge on any atom is -0.465 e. The number of carbonyl (C=O) groups excluding carboxylic acids is 2. The largest absolute Gasteiger partial charge is 0.465 e. The molecule has 1 rings (SSSR count). The van der Waals surface area contributed by atoms with Gasteiger partial charge in [-0.1, -0.05) is 4.99 Å². The monoisotopic (exact) mass is 243 g/mol. The number of benzene rings is 1. The Morgan fingerprint density at radius 1 is 1.19 bits per heavy atom. The molecule has 6 nitrogen and oxygen atoms in total. The number of hydrogen-bond donors (Lipinski definition) is 2. The van der Waals surface area contributed by atoms with Gasteiger partial charge < -0.3 is 4.74 Å². The number of amides is 1. The minimum atomic E-state index is -0.523. The lowest BCUT2D eigenvalue weighted by molar-refractivity contribution is -0.227. The average molecular weight is 243 g/mol. The molecule has 0 fully saturated rings. The van der Waals surface area contributed by atoms with E-state index in [2.05, 4.69) is 27.0 Å². The second kappa shape index (κ2) is 6.11. The molecule has 0 atom stereocenters. The molecule has 0 radical (unpaired) electrons. The first-order valence-electron chi connectivity index (χ1n) is 4.15. The van der Waals surface area contributed by atoms with Gasteiger partial charge in [0.2, 0.25) is 0 Å². The molecule has 16 heavy (non-hydrogen) atoms. The summed E-state index contributed by atoms with van der Waals surface area (Å²) in [6.07, 6.45) is 0. The van der Waals surface area contributed by atoms with Gasteiger partial charge in [0.25, 0.3) is 5.91 Å². The van der Waals surface area contributed by atoms with E-state index in [9.17, 15) is 9.59 Å². The molecule has 1 N–H and O–H groups in total.